The highest BCUT2D eigenvalue weighted by molar-refractivity contribution is 5.95. The Morgan fingerprint density at radius 1 is 1.38 bits per heavy atom. The van der Waals surface area contributed by atoms with Gasteiger partial charge in [-0.3, -0.25) is 9.69 Å². The van der Waals surface area contributed by atoms with E-state index < -0.39 is 0 Å². The molecular formula is C17H27N3O. The molecule has 21 heavy (non-hydrogen) atoms. The van der Waals surface area contributed by atoms with Crippen molar-refractivity contribution in [3.05, 3.63) is 23.8 Å². The maximum Gasteiger partial charge on any atom is 0.241 e. The molecule has 1 aliphatic heterocycles. The zero-order valence-electron chi connectivity index (χ0n) is 13.5. The highest BCUT2D eigenvalue weighted by atomic mass is 16.2. The molecule has 1 amide bonds. The number of carbonyl (C=O) groups is 1. The van der Waals surface area contributed by atoms with Crippen LogP contribution in [-0.4, -0.2) is 29.4 Å². The van der Waals surface area contributed by atoms with E-state index in [1.54, 1.807) is 0 Å². The molecule has 2 atom stereocenters. The fourth-order valence-electron chi connectivity index (χ4n) is 3.19. The lowest BCUT2D eigenvalue weighted by molar-refractivity contribution is -0.121. The predicted molar refractivity (Wildman–Crippen MR) is 88.2 cm³/mol. The molecule has 3 N–H and O–H groups in total. The van der Waals surface area contributed by atoms with Gasteiger partial charge in [0.05, 0.1) is 6.04 Å². The Kier molecular flexibility index (Phi) is 4.88. The summed E-state index contributed by atoms with van der Waals surface area (Å²) < 4.78 is 0. The smallest absolute Gasteiger partial charge is 0.241 e. The zero-order valence-corrected chi connectivity index (χ0v) is 13.5. The summed E-state index contributed by atoms with van der Waals surface area (Å²) in [5, 5.41) is 3.03. The molecule has 0 aliphatic carbocycles. The average molecular weight is 289 g/mol. The summed E-state index contributed by atoms with van der Waals surface area (Å²) in [7, 11) is 0. The lowest BCUT2D eigenvalue weighted by Gasteiger charge is -2.32. The van der Waals surface area contributed by atoms with Crippen molar-refractivity contribution in [1.82, 2.24) is 4.90 Å². The van der Waals surface area contributed by atoms with Gasteiger partial charge < -0.3 is 11.1 Å². The van der Waals surface area contributed by atoms with E-state index in [-0.39, 0.29) is 11.9 Å². The first-order valence-electron chi connectivity index (χ1n) is 7.83. The van der Waals surface area contributed by atoms with Gasteiger partial charge in [-0.25, -0.2) is 0 Å². The van der Waals surface area contributed by atoms with Gasteiger partial charge in [-0.15, -0.1) is 0 Å². The van der Waals surface area contributed by atoms with Crippen LogP contribution in [0.5, 0.6) is 0 Å². The Morgan fingerprint density at radius 2 is 2.10 bits per heavy atom. The van der Waals surface area contributed by atoms with E-state index in [4.69, 9.17) is 5.73 Å². The van der Waals surface area contributed by atoms with Crippen LogP contribution in [0.3, 0.4) is 0 Å². The summed E-state index contributed by atoms with van der Waals surface area (Å²) >= 11 is 0. The Morgan fingerprint density at radius 3 is 2.76 bits per heavy atom. The molecule has 1 fully saturated rings. The molecular weight excluding hydrogens is 262 g/mol. The van der Waals surface area contributed by atoms with Crippen molar-refractivity contribution >= 4 is 17.3 Å². The molecule has 1 aliphatic rings. The number of carbonyl (C=O) groups excluding carboxylic acids is 1. The average Bonchev–Trinajstić information content (AvgIpc) is 2.92. The molecule has 0 aromatic heterocycles. The van der Waals surface area contributed by atoms with Crippen LogP contribution in [0.4, 0.5) is 11.4 Å². The van der Waals surface area contributed by atoms with E-state index in [0.29, 0.717) is 17.6 Å². The standard InChI is InChI=1S/C17H27N3O/c1-11(2)16-9-6-10-20(16)13(4)17(21)19-15-8-5-7-14(18)12(15)3/h5,7-8,11,13,16H,6,9-10,18H2,1-4H3,(H,19,21). The van der Waals surface area contributed by atoms with Gasteiger partial charge >= 0.3 is 0 Å². The lowest BCUT2D eigenvalue weighted by atomic mass is 10.0. The molecule has 0 bridgehead atoms. The van der Waals surface area contributed by atoms with Crippen molar-refractivity contribution in [2.24, 2.45) is 5.92 Å². The quantitative estimate of drug-likeness (QED) is 0.838. The fraction of sp³-hybridized carbons (Fsp3) is 0.588. The summed E-state index contributed by atoms with van der Waals surface area (Å²) in [4.78, 5) is 14.9. The van der Waals surface area contributed by atoms with E-state index in [0.717, 1.165) is 17.8 Å². The van der Waals surface area contributed by atoms with E-state index in [2.05, 4.69) is 24.1 Å². The Labute approximate surface area is 127 Å². The third kappa shape index (κ3) is 3.38. The highest BCUT2D eigenvalue weighted by Crippen LogP contribution is 2.27. The Balaban J connectivity index is 2.07. The van der Waals surface area contributed by atoms with Crippen molar-refractivity contribution in [2.45, 2.75) is 52.6 Å². The van der Waals surface area contributed by atoms with Crippen LogP contribution < -0.4 is 11.1 Å². The van der Waals surface area contributed by atoms with Crippen molar-refractivity contribution in [3.63, 3.8) is 0 Å². The van der Waals surface area contributed by atoms with Crippen LogP contribution in [0.2, 0.25) is 0 Å². The van der Waals surface area contributed by atoms with Crippen molar-refractivity contribution in [2.75, 3.05) is 17.6 Å². The third-order valence-corrected chi connectivity index (χ3v) is 4.62. The molecule has 1 saturated heterocycles. The van der Waals surface area contributed by atoms with E-state index in [9.17, 15) is 4.79 Å². The molecule has 4 heteroatoms. The van der Waals surface area contributed by atoms with Gasteiger partial charge in [0.1, 0.15) is 0 Å². The van der Waals surface area contributed by atoms with Gasteiger partial charge in [-0.2, -0.15) is 0 Å². The van der Waals surface area contributed by atoms with Crippen LogP contribution in [0.15, 0.2) is 18.2 Å². The second-order valence-electron chi connectivity index (χ2n) is 6.38. The minimum absolute atomic E-state index is 0.0521. The van der Waals surface area contributed by atoms with E-state index in [1.807, 2.05) is 32.0 Å². The third-order valence-electron chi connectivity index (χ3n) is 4.62. The number of nitrogens with two attached hydrogens (primary N) is 1. The summed E-state index contributed by atoms with van der Waals surface area (Å²) in [6.07, 6.45) is 2.37. The molecule has 0 saturated carbocycles. The number of nitrogen functional groups attached to an aromatic ring is 1. The molecule has 2 rings (SSSR count). The number of amides is 1. The molecule has 1 heterocycles. The first-order chi connectivity index (χ1) is 9.91. The van der Waals surface area contributed by atoms with Gasteiger partial charge in [-0.05, 0) is 56.8 Å². The zero-order chi connectivity index (χ0) is 15.6. The van der Waals surface area contributed by atoms with Gasteiger partial charge in [0.15, 0.2) is 0 Å². The van der Waals surface area contributed by atoms with Gasteiger partial charge in [0.25, 0.3) is 0 Å². The van der Waals surface area contributed by atoms with Crippen LogP contribution in [0.1, 0.15) is 39.2 Å². The summed E-state index contributed by atoms with van der Waals surface area (Å²) in [5.74, 6) is 0.633. The minimum atomic E-state index is -0.110. The largest absolute Gasteiger partial charge is 0.398 e. The summed E-state index contributed by atoms with van der Waals surface area (Å²) in [5.41, 5.74) is 8.35. The van der Waals surface area contributed by atoms with E-state index in [1.165, 1.54) is 12.8 Å². The molecule has 1 aromatic carbocycles. The first-order valence-corrected chi connectivity index (χ1v) is 7.83. The number of benzene rings is 1. The first kappa shape index (κ1) is 15.8. The van der Waals surface area contributed by atoms with Gasteiger partial charge in [0.2, 0.25) is 5.91 Å². The second-order valence-corrected chi connectivity index (χ2v) is 6.38. The van der Waals surface area contributed by atoms with Gasteiger partial charge in [0, 0.05) is 17.4 Å². The normalized spacial score (nSPS) is 20.7. The summed E-state index contributed by atoms with van der Waals surface area (Å²) in [6, 6.07) is 6.02. The maximum absolute atomic E-state index is 12.5. The highest BCUT2D eigenvalue weighted by Gasteiger charge is 2.33. The maximum atomic E-state index is 12.5. The summed E-state index contributed by atoms with van der Waals surface area (Å²) in [6.45, 7) is 9.40. The Bertz CT molecular complexity index is 513. The molecule has 116 valence electrons. The number of nitrogens with one attached hydrogen (secondary N) is 1. The fourth-order valence-corrected chi connectivity index (χ4v) is 3.19. The monoisotopic (exact) mass is 289 g/mol. The number of nitrogens with zero attached hydrogens (tertiary/aromatic N) is 1. The van der Waals surface area contributed by atoms with Crippen molar-refractivity contribution in [1.29, 1.82) is 0 Å². The number of rotatable bonds is 4. The molecule has 0 spiro atoms. The number of hydrogen-bond donors (Lipinski definition) is 2. The van der Waals surface area contributed by atoms with Crippen LogP contribution in [-0.2, 0) is 4.79 Å². The van der Waals surface area contributed by atoms with Crippen molar-refractivity contribution < 1.29 is 4.79 Å². The van der Waals surface area contributed by atoms with Crippen molar-refractivity contribution in [3.8, 4) is 0 Å². The number of hydrogen-bond acceptors (Lipinski definition) is 3. The molecule has 0 radical (unpaired) electrons. The molecule has 2 unspecified atom stereocenters. The molecule has 1 aromatic rings. The predicted octanol–water partition coefficient (Wildman–Crippen LogP) is 3.02. The lowest BCUT2D eigenvalue weighted by Crippen LogP contribution is -2.46. The van der Waals surface area contributed by atoms with E-state index >= 15 is 0 Å². The van der Waals surface area contributed by atoms with Crippen LogP contribution in [0.25, 0.3) is 0 Å². The Hall–Kier alpha value is -1.55. The number of likely N-dealkylation sites (tertiary alicyclic amines) is 1. The van der Waals surface area contributed by atoms with Crippen LogP contribution in [0, 0.1) is 12.8 Å². The molecule has 4 nitrogen and oxygen atoms in total. The minimum Gasteiger partial charge on any atom is -0.398 e. The second kappa shape index (κ2) is 6.48. The topological polar surface area (TPSA) is 58.4 Å². The van der Waals surface area contributed by atoms with Crippen LogP contribution >= 0.6 is 0 Å². The SMILES string of the molecule is Cc1c(N)cccc1NC(=O)C(C)N1CCCC1C(C)C. The number of anilines is 2. The van der Waals surface area contributed by atoms with Gasteiger partial charge in [-0.1, -0.05) is 19.9 Å².